The number of carbonyl (C=O) groups excluding carboxylic acids is 1. The second kappa shape index (κ2) is 7.12. The molecule has 1 aromatic heterocycles. The number of hydrogen-bond acceptors (Lipinski definition) is 7. The molecule has 0 bridgehead atoms. The lowest BCUT2D eigenvalue weighted by Crippen LogP contribution is -2.46. The highest BCUT2D eigenvalue weighted by Gasteiger charge is 2.36. The summed E-state index contributed by atoms with van der Waals surface area (Å²) in [6, 6.07) is 2.45. The van der Waals surface area contributed by atoms with E-state index in [-0.39, 0.29) is 23.3 Å². The van der Waals surface area contributed by atoms with Crippen LogP contribution in [-0.2, 0) is 14.6 Å². The summed E-state index contributed by atoms with van der Waals surface area (Å²) in [7, 11) is -3.12. The highest BCUT2D eigenvalue weighted by atomic mass is 32.2. The molecule has 1 fully saturated rings. The van der Waals surface area contributed by atoms with E-state index in [9.17, 15) is 23.3 Å². The number of likely N-dealkylation sites (N-methyl/N-ethyl adjacent to an activating group) is 1. The van der Waals surface area contributed by atoms with Crippen LogP contribution in [-0.4, -0.2) is 59.3 Å². The Hall–Kier alpha value is -2.23. The molecule has 1 aliphatic rings. The van der Waals surface area contributed by atoms with Crippen LogP contribution in [0.2, 0.25) is 0 Å². The van der Waals surface area contributed by atoms with Crippen molar-refractivity contribution in [2.24, 2.45) is 0 Å². The second-order valence-electron chi connectivity index (χ2n) is 5.52. The van der Waals surface area contributed by atoms with Crippen LogP contribution in [0, 0.1) is 10.1 Å². The lowest BCUT2D eigenvalue weighted by atomic mass is 10.2. The topological polar surface area (TPSA) is 120 Å². The molecule has 1 aromatic rings. The number of amides is 1. The Bertz CT molecular complexity index is 736. The number of hydrogen-bond donors (Lipinski definition) is 0. The maximum Gasteiger partial charge on any atom is 0.406 e. The molecule has 2 atom stereocenters. The van der Waals surface area contributed by atoms with E-state index >= 15 is 0 Å². The van der Waals surface area contributed by atoms with Gasteiger partial charge in [0.05, 0.1) is 11.5 Å². The molecule has 1 aliphatic heterocycles. The molecule has 0 spiro atoms. The minimum atomic E-state index is -3.12. The van der Waals surface area contributed by atoms with E-state index in [1.165, 1.54) is 30.2 Å². The molecule has 10 heteroatoms. The van der Waals surface area contributed by atoms with Gasteiger partial charge in [-0.2, -0.15) is 0 Å². The largest absolute Gasteiger partial charge is 0.473 e. The third kappa shape index (κ3) is 3.99. The van der Waals surface area contributed by atoms with Gasteiger partial charge in [0, 0.05) is 12.6 Å². The highest BCUT2D eigenvalue weighted by Crippen LogP contribution is 2.25. The Kier molecular flexibility index (Phi) is 5.37. The van der Waals surface area contributed by atoms with Gasteiger partial charge in [0.1, 0.15) is 6.20 Å². The van der Waals surface area contributed by atoms with Crippen LogP contribution in [0.15, 0.2) is 18.3 Å². The quantitative estimate of drug-likeness (QED) is 0.545. The fraction of sp³-hybridized carbons (Fsp3) is 0.571. The van der Waals surface area contributed by atoms with Crippen LogP contribution >= 0.6 is 0 Å². The Labute approximate surface area is 139 Å². The van der Waals surface area contributed by atoms with Gasteiger partial charge in [-0.05, 0) is 42.3 Å². The molecule has 2 heterocycles. The average Bonchev–Trinajstić information content (AvgIpc) is 2.88. The molecule has 0 aliphatic carbocycles. The summed E-state index contributed by atoms with van der Waals surface area (Å²) in [5, 5.41) is 10.9. The van der Waals surface area contributed by atoms with Crippen molar-refractivity contribution >= 4 is 21.6 Å². The van der Waals surface area contributed by atoms with Crippen LogP contribution in [0.5, 0.6) is 5.75 Å². The number of sulfone groups is 1. The summed E-state index contributed by atoms with van der Waals surface area (Å²) in [6.07, 6.45) is 0.664. The van der Waals surface area contributed by atoms with Gasteiger partial charge in [-0.25, -0.2) is 8.42 Å². The van der Waals surface area contributed by atoms with Crippen molar-refractivity contribution in [2.45, 2.75) is 32.4 Å². The molecule has 0 unspecified atom stereocenters. The lowest BCUT2D eigenvalue weighted by Gasteiger charge is -2.29. The summed E-state index contributed by atoms with van der Waals surface area (Å²) >= 11 is 0. The first-order valence-electron chi connectivity index (χ1n) is 7.52. The molecule has 132 valence electrons. The number of nitrogens with zero attached hydrogens (tertiary/aromatic N) is 3. The molecule has 0 aromatic carbocycles. The van der Waals surface area contributed by atoms with E-state index in [0.29, 0.717) is 13.0 Å². The lowest BCUT2D eigenvalue weighted by molar-refractivity contribution is -0.390. The van der Waals surface area contributed by atoms with Crippen LogP contribution < -0.4 is 4.74 Å². The molecule has 24 heavy (non-hydrogen) atoms. The van der Waals surface area contributed by atoms with Crippen molar-refractivity contribution in [3.63, 3.8) is 0 Å². The van der Waals surface area contributed by atoms with Gasteiger partial charge in [0.25, 0.3) is 5.91 Å². The average molecular weight is 357 g/mol. The van der Waals surface area contributed by atoms with E-state index in [1.54, 1.807) is 6.92 Å². The van der Waals surface area contributed by atoms with Gasteiger partial charge in [0.2, 0.25) is 5.75 Å². The molecule has 2 rings (SSSR count). The number of aromatic nitrogens is 1. The van der Waals surface area contributed by atoms with Gasteiger partial charge in [-0.15, -0.1) is 0 Å². The molecule has 0 radical (unpaired) electrons. The first-order valence-corrected chi connectivity index (χ1v) is 9.34. The summed E-state index contributed by atoms with van der Waals surface area (Å²) in [5.74, 6) is -0.975. The van der Waals surface area contributed by atoms with Gasteiger partial charge in [-0.3, -0.25) is 4.79 Å². The van der Waals surface area contributed by atoms with Crippen molar-refractivity contribution in [1.82, 2.24) is 9.88 Å². The summed E-state index contributed by atoms with van der Waals surface area (Å²) < 4.78 is 28.6. The summed E-state index contributed by atoms with van der Waals surface area (Å²) in [6.45, 7) is 3.56. The number of nitro groups is 1. The molecule has 0 N–H and O–H groups in total. The zero-order valence-electron chi connectivity index (χ0n) is 13.4. The minimum absolute atomic E-state index is 0.0603. The standard InChI is InChI=1S/C14H19N3O6S/c1-3-16(11-6-8-24(21,22)9-11)14(18)10(2)23-12-5-4-7-15-13(12)17(19)20/h4-5,7,10-11H,3,6,8-9H2,1-2H3/t10-,11+/m0/s1. The van der Waals surface area contributed by atoms with Crippen molar-refractivity contribution in [2.75, 3.05) is 18.1 Å². The summed E-state index contributed by atoms with van der Waals surface area (Å²) in [4.78, 5) is 27.9. The fourth-order valence-corrected chi connectivity index (χ4v) is 4.43. The highest BCUT2D eigenvalue weighted by molar-refractivity contribution is 7.91. The normalized spacial score (nSPS) is 20.3. The van der Waals surface area contributed by atoms with Crippen LogP contribution in [0.25, 0.3) is 0 Å². The van der Waals surface area contributed by atoms with E-state index in [4.69, 9.17) is 4.74 Å². The molecule has 1 saturated heterocycles. The van der Waals surface area contributed by atoms with Gasteiger partial charge < -0.3 is 19.8 Å². The molecule has 0 saturated carbocycles. The SMILES string of the molecule is CCN(C(=O)[C@H](C)Oc1cccnc1[N+](=O)[O-])[C@@H]1CCS(=O)(=O)C1. The Morgan fingerprint density at radius 3 is 2.83 bits per heavy atom. The Balaban J connectivity index is 2.12. The van der Waals surface area contributed by atoms with E-state index in [0.717, 1.165) is 0 Å². The van der Waals surface area contributed by atoms with Crippen molar-refractivity contribution in [3.05, 3.63) is 28.4 Å². The third-order valence-corrected chi connectivity index (χ3v) is 5.60. The van der Waals surface area contributed by atoms with Gasteiger partial charge in [-0.1, -0.05) is 0 Å². The Morgan fingerprint density at radius 2 is 2.29 bits per heavy atom. The number of pyridine rings is 1. The number of ether oxygens (including phenoxy) is 1. The smallest absolute Gasteiger partial charge is 0.406 e. The number of carbonyl (C=O) groups is 1. The zero-order chi connectivity index (χ0) is 17.9. The van der Waals surface area contributed by atoms with Crippen LogP contribution in [0.4, 0.5) is 5.82 Å². The molecular formula is C14H19N3O6S. The van der Waals surface area contributed by atoms with E-state index in [2.05, 4.69) is 4.98 Å². The van der Waals surface area contributed by atoms with Crippen LogP contribution in [0.1, 0.15) is 20.3 Å². The first-order chi connectivity index (χ1) is 11.2. The van der Waals surface area contributed by atoms with Crippen molar-refractivity contribution in [1.29, 1.82) is 0 Å². The van der Waals surface area contributed by atoms with Crippen molar-refractivity contribution in [3.8, 4) is 5.75 Å². The molecular weight excluding hydrogens is 338 g/mol. The maximum absolute atomic E-state index is 12.6. The fourth-order valence-electron chi connectivity index (χ4n) is 2.70. The van der Waals surface area contributed by atoms with E-state index in [1.807, 2.05) is 0 Å². The predicted octanol–water partition coefficient (Wildman–Crippen LogP) is 0.793. The van der Waals surface area contributed by atoms with Gasteiger partial charge in [0.15, 0.2) is 15.9 Å². The van der Waals surface area contributed by atoms with Crippen LogP contribution in [0.3, 0.4) is 0 Å². The maximum atomic E-state index is 12.6. The first kappa shape index (κ1) is 18.1. The molecule has 9 nitrogen and oxygen atoms in total. The van der Waals surface area contributed by atoms with Crippen molar-refractivity contribution < 1.29 is 22.9 Å². The predicted molar refractivity (Wildman–Crippen MR) is 85.4 cm³/mol. The Morgan fingerprint density at radius 1 is 1.58 bits per heavy atom. The summed E-state index contributed by atoms with van der Waals surface area (Å²) in [5.41, 5.74) is 0. The monoisotopic (exact) mass is 357 g/mol. The third-order valence-electron chi connectivity index (χ3n) is 3.85. The van der Waals surface area contributed by atoms with E-state index < -0.39 is 32.6 Å². The minimum Gasteiger partial charge on any atom is -0.473 e. The molecule has 1 amide bonds. The zero-order valence-corrected chi connectivity index (χ0v) is 14.2. The number of rotatable bonds is 6. The second-order valence-corrected chi connectivity index (χ2v) is 7.75. The van der Waals surface area contributed by atoms with Gasteiger partial charge >= 0.3 is 5.82 Å².